The third-order valence-corrected chi connectivity index (χ3v) is 5.04. The fourth-order valence-electron chi connectivity index (χ4n) is 3.68. The average Bonchev–Trinajstić information content (AvgIpc) is 2.73. The topological polar surface area (TPSA) is 41.1 Å². The lowest BCUT2D eigenvalue weighted by Gasteiger charge is -2.30. The zero-order valence-electron chi connectivity index (χ0n) is 15.0. The van der Waals surface area contributed by atoms with Gasteiger partial charge in [-0.25, -0.2) is 4.98 Å². The summed E-state index contributed by atoms with van der Waals surface area (Å²) in [5.41, 5.74) is 4.77. The highest BCUT2D eigenvalue weighted by Crippen LogP contribution is 2.30. The summed E-state index contributed by atoms with van der Waals surface area (Å²) >= 11 is 0. The highest BCUT2D eigenvalue weighted by atomic mass is 15.2. The van der Waals surface area contributed by atoms with Gasteiger partial charge in [0.15, 0.2) is 0 Å². The number of nitrogens with one attached hydrogen (secondary N) is 1. The summed E-state index contributed by atoms with van der Waals surface area (Å²) in [5, 5.41) is 4.44. The van der Waals surface area contributed by atoms with Crippen LogP contribution in [0.15, 0.2) is 78.9 Å². The maximum Gasteiger partial charge on any atom is 0.229 e. The molecule has 0 bridgehead atoms. The van der Waals surface area contributed by atoms with Gasteiger partial charge in [-0.05, 0) is 41.8 Å². The number of aromatic nitrogens is 2. The standard InChI is InChI=1S/C23H20N4/c1-2-10-19(11-3-1)24-23-25-21-13-7-6-12-20(21)22(26-23)27-15-14-17-8-4-5-9-18(17)16-27/h1-13H,14-16H2,(H,24,25,26). The molecule has 4 heteroatoms. The first-order valence-electron chi connectivity index (χ1n) is 9.27. The van der Waals surface area contributed by atoms with Crippen LogP contribution in [0.25, 0.3) is 10.9 Å². The van der Waals surface area contributed by atoms with Gasteiger partial charge in [-0.1, -0.05) is 54.6 Å². The van der Waals surface area contributed by atoms with Crippen molar-refractivity contribution in [3.05, 3.63) is 90.0 Å². The maximum absolute atomic E-state index is 4.90. The summed E-state index contributed by atoms with van der Waals surface area (Å²) in [5.74, 6) is 1.63. The van der Waals surface area contributed by atoms with E-state index in [4.69, 9.17) is 9.97 Å². The predicted molar refractivity (Wildman–Crippen MR) is 110 cm³/mol. The van der Waals surface area contributed by atoms with Crippen LogP contribution in [-0.2, 0) is 13.0 Å². The second-order valence-corrected chi connectivity index (χ2v) is 6.82. The summed E-state index contributed by atoms with van der Waals surface area (Å²) in [6, 6.07) is 27.0. The largest absolute Gasteiger partial charge is 0.351 e. The van der Waals surface area contributed by atoms with E-state index in [1.807, 2.05) is 36.4 Å². The lowest BCUT2D eigenvalue weighted by atomic mass is 10.00. The second kappa shape index (κ2) is 6.72. The van der Waals surface area contributed by atoms with Gasteiger partial charge in [0.1, 0.15) is 5.82 Å². The van der Waals surface area contributed by atoms with Crippen LogP contribution in [-0.4, -0.2) is 16.5 Å². The van der Waals surface area contributed by atoms with Crippen LogP contribution in [0.5, 0.6) is 0 Å². The van der Waals surface area contributed by atoms with Crippen molar-refractivity contribution in [2.45, 2.75) is 13.0 Å². The van der Waals surface area contributed by atoms with E-state index >= 15 is 0 Å². The van der Waals surface area contributed by atoms with Crippen LogP contribution in [0, 0.1) is 0 Å². The average molecular weight is 352 g/mol. The smallest absolute Gasteiger partial charge is 0.229 e. The molecule has 3 aromatic carbocycles. The Bertz CT molecular complexity index is 1090. The van der Waals surface area contributed by atoms with Crippen LogP contribution in [0.1, 0.15) is 11.1 Å². The van der Waals surface area contributed by atoms with Gasteiger partial charge >= 0.3 is 0 Å². The molecule has 0 spiro atoms. The fourth-order valence-corrected chi connectivity index (χ4v) is 3.68. The minimum atomic E-state index is 0.633. The number of hydrogen-bond donors (Lipinski definition) is 1. The molecule has 0 amide bonds. The van der Waals surface area contributed by atoms with E-state index < -0.39 is 0 Å². The molecule has 0 atom stereocenters. The Balaban J connectivity index is 1.57. The number of nitrogens with zero attached hydrogens (tertiary/aromatic N) is 3. The molecule has 5 rings (SSSR count). The van der Waals surface area contributed by atoms with E-state index in [0.717, 1.165) is 41.9 Å². The van der Waals surface area contributed by atoms with Crippen molar-refractivity contribution < 1.29 is 0 Å². The van der Waals surface area contributed by atoms with Gasteiger partial charge in [0, 0.05) is 24.2 Å². The van der Waals surface area contributed by atoms with Crippen LogP contribution in [0.3, 0.4) is 0 Å². The third kappa shape index (κ3) is 3.10. The summed E-state index contributed by atoms with van der Waals surface area (Å²) in [6.45, 7) is 1.84. The van der Waals surface area contributed by atoms with Gasteiger partial charge in [-0.15, -0.1) is 0 Å². The summed E-state index contributed by atoms with van der Waals surface area (Å²) < 4.78 is 0. The first-order chi connectivity index (χ1) is 13.4. The zero-order chi connectivity index (χ0) is 18.1. The molecule has 0 saturated heterocycles. The van der Waals surface area contributed by atoms with Crippen molar-refractivity contribution in [1.29, 1.82) is 0 Å². The van der Waals surface area contributed by atoms with Gasteiger partial charge in [-0.2, -0.15) is 4.98 Å². The lowest BCUT2D eigenvalue weighted by molar-refractivity contribution is 0.723. The molecular formula is C23H20N4. The zero-order valence-corrected chi connectivity index (χ0v) is 15.0. The molecule has 27 heavy (non-hydrogen) atoms. The van der Waals surface area contributed by atoms with E-state index in [1.54, 1.807) is 0 Å². The summed E-state index contributed by atoms with van der Waals surface area (Å²) in [6.07, 6.45) is 1.04. The van der Waals surface area contributed by atoms with E-state index in [2.05, 4.69) is 52.7 Å². The van der Waals surface area contributed by atoms with Crippen LogP contribution < -0.4 is 10.2 Å². The molecule has 0 fully saturated rings. The number of fused-ring (bicyclic) bond motifs is 2. The number of para-hydroxylation sites is 2. The SMILES string of the molecule is c1ccc(Nc2nc(N3CCc4ccccc4C3)c3ccccc3n2)cc1. The van der Waals surface area contributed by atoms with E-state index in [0.29, 0.717) is 5.95 Å². The Kier molecular flexibility index (Phi) is 3.94. The van der Waals surface area contributed by atoms with Crippen molar-refractivity contribution in [3.8, 4) is 0 Å². The monoisotopic (exact) mass is 352 g/mol. The minimum Gasteiger partial charge on any atom is -0.351 e. The summed E-state index contributed by atoms with van der Waals surface area (Å²) in [4.78, 5) is 12.0. The molecule has 132 valence electrons. The number of hydrogen-bond acceptors (Lipinski definition) is 4. The molecule has 0 unspecified atom stereocenters. The fraction of sp³-hybridized carbons (Fsp3) is 0.130. The Labute approximate surface area is 158 Å². The molecule has 1 aliphatic rings. The summed E-state index contributed by atoms with van der Waals surface area (Å²) in [7, 11) is 0. The first kappa shape index (κ1) is 15.8. The molecule has 1 aromatic heterocycles. The van der Waals surface area contributed by atoms with Gasteiger partial charge in [-0.3, -0.25) is 0 Å². The minimum absolute atomic E-state index is 0.633. The van der Waals surface area contributed by atoms with E-state index in [1.165, 1.54) is 11.1 Å². The number of anilines is 3. The Hall–Kier alpha value is -3.40. The molecular weight excluding hydrogens is 332 g/mol. The van der Waals surface area contributed by atoms with Crippen molar-refractivity contribution in [2.75, 3.05) is 16.8 Å². The van der Waals surface area contributed by atoms with Gasteiger partial charge in [0.05, 0.1) is 5.52 Å². The second-order valence-electron chi connectivity index (χ2n) is 6.82. The molecule has 4 aromatic rings. The van der Waals surface area contributed by atoms with E-state index in [9.17, 15) is 0 Å². The molecule has 4 nitrogen and oxygen atoms in total. The molecule has 0 aliphatic carbocycles. The molecule has 1 aliphatic heterocycles. The Morgan fingerprint density at radius 3 is 2.37 bits per heavy atom. The molecule has 2 heterocycles. The van der Waals surface area contributed by atoms with Crippen LogP contribution in [0.4, 0.5) is 17.5 Å². The molecule has 0 radical (unpaired) electrons. The maximum atomic E-state index is 4.90. The Morgan fingerprint density at radius 2 is 1.48 bits per heavy atom. The van der Waals surface area contributed by atoms with Crippen molar-refractivity contribution in [3.63, 3.8) is 0 Å². The quantitative estimate of drug-likeness (QED) is 0.567. The van der Waals surface area contributed by atoms with Crippen LogP contribution >= 0.6 is 0 Å². The van der Waals surface area contributed by atoms with Gasteiger partial charge in [0.25, 0.3) is 0 Å². The van der Waals surface area contributed by atoms with Gasteiger partial charge < -0.3 is 10.2 Å². The van der Waals surface area contributed by atoms with Crippen molar-refractivity contribution in [2.24, 2.45) is 0 Å². The highest BCUT2D eigenvalue weighted by Gasteiger charge is 2.20. The number of benzene rings is 3. The predicted octanol–water partition coefficient (Wildman–Crippen LogP) is 4.94. The van der Waals surface area contributed by atoms with Crippen molar-refractivity contribution in [1.82, 2.24) is 9.97 Å². The molecule has 0 saturated carbocycles. The third-order valence-electron chi connectivity index (χ3n) is 5.04. The number of rotatable bonds is 3. The van der Waals surface area contributed by atoms with Gasteiger partial charge in [0.2, 0.25) is 5.95 Å². The molecule has 1 N–H and O–H groups in total. The lowest BCUT2D eigenvalue weighted by Crippen LogP contribution is -2.31. The normalized spacial score (nSPS) is 13.4. The first-order valence-corrected chi connectivity index (χ1v) is 9.27. The van der Waals surface area contributed by atoms with Crippen LogP contribution in [0.2, 0.25) is 0 Å². The highest BCUT2D eigenvalue weighted by molar-refractivity contribution is 5.91. The van der Waals surface area contributed by atoms with E-state index in [-0.39, 0.29) is 0 Å². The van der Waals surface area contributed by atoms with Crippen molar-refractivity contribution >= 4 is 28.4 Å². The Morgan fingerprint density at radius 1 is 0.741 bits per heavy atom.